The van der Waals surface area contributed by atoms with Crippen LogP contribution in [0.25, 0.3) is 0 Å². The Morgan fingerprint density at radius 3 is 1.67 bits per heavy atom. The fraction of sp³-hybridized carbons (Fsp3) is 0. The number of hydrogen-bond donors (Lipinski definition) is 0. The molecule has 0 atom stereocenters. The van der Waals surface area contributed by atoms with Crippen LogP contribution in [0.4, 0.5) is 0 Å². The van der Waals surface area contributed by atoms with E-state index in [0.717, 1.165) is 0 Å². The van der Waals surface area contributed by atoms with Crippen molar-refractivity contribution in [2.75, 3.05) is 0 Å². The van der Waals surface area contributed by atoms with Gasteiger partial charge in [0.1, 0.15) is 0 Å². The predicted octanol–water partition coefficient (Wildman–Crippen LogP) is 2.09. The molecule has 0 spiro atoms. The van der Waals surface area contributed by atoms with Gasteiger partial charge in [-0.05, 0) is 0 Å². The van der Waals surface area contributed by atoms with E-state index in [1.807, 2.05) is 12.2 Å². The van der Waals surface area contributed by atoms with E-state index in [2.05, 4.69) is 21.4 Å². The minimum atomic E-state index is -0.0458. The Bertz CT molecular complexity index is 116. The first-order valence-corrected chi connectivity index (χ1v) is 5.31. The van der Waals surface area contributed by atoms with E-state index in [4.69, 9.17) is 0 Å². The molecular formula is C8H10Te. The van der Waals surface area contributed by atoms with E-state index < -0.39 is 0 Å². The van der Waals surface area contributed by atoms with Crippen LogP contribution in [0.2, 0.25) is 0 Å². The van der Waals surface area contributed by atoms with Gasteiger partial charge in [-0.25, -0.2) is 0 Å². The molecule has 0 nitrogen and oxygen atoms in total. The second-order valence-corrected chi connectivity index (χ2v) is 3.59. The molecule has 0 aliphatic rings. The number of hydrogen-bond acceptors (Lipinski definition) is 0. The van der Waals surface area contributed by atoms with Crippen LogP contribution in [0.15, 0.2) is 45.7 Å². The Hall–Kier alpha value is -0.250. The molecular weight excluding hydrogens is 224 g/mol. The summed E-state index contributed by atoms with van der Waals surface area (Å²) < 4.78 is 4.33. The molecule has 0 aliphatic carbocycles. The van der Waals surface area contributed by atoms with E-state index in [-0.39, 0.29) is 20.9 Å². The minimum absolute atomic E-state index is 0.0458. The third-order valence-electron chi connectivity index (χ3n) is 0.586. The third kappa shape index (κ3) is 7.75. The topological polar surface area (TPSA) is 0 Å². The summed E-state index contributed by atoms with van der Waals surface area (Å²) >= 11 is -0.0458. The molecule has 48 valence electrons. The Labute approximate surface area is 66.7 Å². The van der Waals surface area contributed by atoms with Gasteiger partial charge in [-0.3, -0.25) is 0 Å². The summed E-state index contributed by atoms with van der Waals surface area (Å²) in [5, 5.41) is 0. The van der Waals surface area contributed by atoms with Gasteiger partial charge in [-0.15, -0.1) is 0 Å². The average molecular weight is 234 g/mol. The standard InChI is InChI=1S/C8H10Te/c1-3-5-7-9-8-6-4-2/h3-8H,1-2H2/b7-5-,8-6+. The first-order valence-electron chi connectivity index (χ1n) is 2.62. The van der Waals surface area contributed by atoms with Gasteiger partial charge in [0.15, 0.2) is 0 Å². The zero-order chi connectivity index (χ0) is 6.95. The summed E-state index contributed by atoms with van der Waals surface area (Å²) in [5.41, 5.74) is 0. The molecule has 0 rings (SSSR count). The van der Waals surface area contributed by atoms with Gasteiger partial charge in [-0.1, -0.05) is 0 Å². The Balaban J connectivity index is 3.27. The van der Waals surface area contributed by atoms with Gasteiger partial charge in [-0.2, -0.15) is 0 Å². The molecule has 0 aromatic carbocycles. The predicted molar refractivity (Wildman–Crippen MR) is 44.4 cm³/mol. The fourth-order valence-electron chi connectivity index (χ4n) is 0.247. The van der Waals surface area contributed by atoms with Crippen molar-refractivity contribution in [2.24, 2.45) is 0 Å². The van der Waals surface area contributed by atoms with E-state index in [0.29, 0.717) is 0 Å². The van der Waals surface area contributed by atoms with Crippen molar-refractivity contribution in [2.45, 2.75) is 0 Å². The van der Waals surface area contributed by atoms with Gasteiger partial charge in [0.05, 0.1) is 0 Å². The first-order chi connectivity index (χ1) is 4.41. The van der Waals surface area contributed by atoms with E-state index in [9.17, 15) is 0 Å². The van der Waals surface area contributed by atoms with Crippen LogP contribution in [0.1, 0.15) is 0 Å². The first kappa shape index (κ1) is 8.75. The SMILES string of the molecule is C=C/C=C\[Te]/C=C/C=C. The molecule has 0 fully saturated rings. The van der Waals surface area contributed by atoms with Crippen LogP contribution in [0.3, 0.4) is 0 Å². The van der Waals surface area contributed by atoms with Gasteiger partial charge in [0.2, 0.25) is 0 Å². The molecule has 0 unspecified atom stereocenters. The summed E-state index contributed by atoms with van der Waals surface area (Å²) in [6, 6.07) is 0. The van der Waals surface area contributed by atoms with Gasteiger partial charge in [0.25, 0.3) is 0 Å². The van der Waals surface area contributed by atoms with Crippen molar-refractivity contribution in [1.82, 2.24) is 0 Å². The van der Waals surface area contributed by atoms with Crippen LogP contribution in [-0.2, 0) is 0 Å². The van der Waals surface area contributed by atoms with Gasteiger partial charge >= 0.3 is 66.6 Å². The van der Waals surface area contributed by atoms with Crippen LogP contribution in [-0.4, -0.2) is 20.9 Å². The van der Waals surface area contributed by atoms with E-state index in [1.165, 1.54) is 0 Å². The normalized spacial score (nSPS) is 10.7. The van der Waals surface area contributed by atoms with Crippen LogP contribution >= 0.6 is 0 Å². The summed E-state index contributed by atoms with van der Waals surface area (Å²) in [5.74, 6) is 0. The van der Waals surface area contributed by atoms with Gasteiger partial charge in [0, 0.05) is 0 Å². The molecule has 0 N–H and O–H groups in total. The van der Waals surface area contributed by atoms with E-state index >= 15 is 0 Å². The summed E-state index contributed by atoms with van der Waals surface area (Å²) in [6.07, 6.45) is 7.56. The molecule has 0 saturated carbocycles. The Morgan fingerprint density at radius 2 is 1.33 bits per heavy atom. The molecule has 0 heterocycles. The van der Waals surface area contributed by atoms with Crippen molar-refractivity contribution in [3.63, 3.8) is 0 Å². The van der Waals surface area contributed by atoms with Crippen LogP contribution < -0.4 is 0 Å². The number of allylic oxidation sites excluding steroid dienone is 4. The van der Waals surface area contributed by atoms with Crippen molar-refractivity contribution in [3.05, 3.63) is 45.7 Å². The van der Waals surface area contributed by atoms with Crippen molar-refractivity contribution >= 4 is 20.9 Å². The maximum absolute atomic E-state index is 3.57. The second-order valence-electron chi connectivity index (χ2n) is 1.26. The molecule has 9 heavy (non-hydrogen) atoms. The molecule has 0 bridgehead atoms. The van der Waals surface area contributed by atoms with Gasteiger partial charge < -0.3 is 0 Å². The molecule has 0 amide bonds. The zero-order valence-corrected chi connectivity index (χ0v) is 7.62. The molecule has 1 heteroatoms. The molecule has 0 aromatic heterocycles. The summed E-state index contributed by atoms with van der Waals surface area (Å²) in [6.45, 7) is 7.14. The van der Waals surface area contributed by atoms with Crippen LogP contribution in [0, 0.1) is 0 Å². The van der Waals surface area contributed by atoms with Crippen molar-refractivity contribution in [3.8, 4) is 0 Å². The van der Waals surface area contributed by atoms with E-state index in [1.54, 1.807) is 12.2 Å². The third-order valence-corrected chi connectivity index (χ3v) is 2.38. The molecule has 0 aromatic rings. The maximum atomic E-state index is 3.57. The number of rotatable bonds is 4. The molecule has 0 radical (unpaired) electrons. The quantitative estimate of drug-likeness (QED) is 0.515. The average Bonchev–Trinajstić information content (AvgIpc) is 1.89. The Morgan fingerprint density at radius 1 is 0.889 bits per heavy atom. The Kier molecular flexibility index (Phi) is 7.53. The summed E-state index contributed by atoms with van der Waals surface area (Å²) in [4.78, 5) is 0. The van der Waals surface area contributed by atoms with Crippen LogP contribution in [0.5, 0.6) is 0 Å². The second kappa shape index (κ2) is 7.75. The molecule has 0 saturated heterocycles. The van der Waals surface area contributed by atoms with Crippen molar-refractivity contribution < 1.29 is 0 Å². The zero-order valence-electron chi connectivity index (χ0n) is 5.29. The monoisotopic (exact) mass is 236 g/mol. The molecule has 0 aliphatic heterocycles. The van der Waals surface area contributed by atoms with Crippen molar-refractivity contribution in [1.29, 1.82) is 0 Å². The summed E-state index contributed by atoms with van der Waals surface area (Å²) in [7, 11) is 0. The fourth-order valence-corrected chi connectivity index (χ4v) is 1.66.